The molecule has 1 heterocycles. The fourth-order valence-corrected chi connectivity index (χ4v) is 2.39. The number of aryl methyl sites for hydroxylation is 1. The van der Waals surface area contributed by atoms with Crippen LogP contribution in [0.4, 0.5) is 4.39 Å². The number of hydrogen-bond acceptors (Lipinski definition) is 3. The molecule has 0 aliphatic rings. The summed E-state index contributed by atoms with van der Waals surface area (Å²) in [5.41, 5.74) is 3.38. The molecule has 0 amide bonds. The molecule has 2 rings (SSSR count). The number of rotatable bonds is 3. The van der Waals surface area contributed by atoms with Gasteiger partial charge in [-0.1, -0.05) is 12.1 Å². The number of aromatic nitrogens is 1. The number of thiazole rings is 1. The maximum Gasteiger partial charge on any atom is 0.126 e. The summed E-state index contributed by atoms with van der Waals surface area (Å²) in [5.74, 6) is -0.165. The molecule has 0 spiro atoms. The Morgan fingerprint density at radius 2 is 2.25 bits per heavy atom. The zero-order valence-electron chi connectivity index (χ0n) is 9.20. The van der Waals surface area contributed by atoms with Crippen molar-refractivity contribution in [2.24, 2.45) is 0 Å². The van der Waals surface area contributed by atoms with E-state index in [0.29, 0.717) is 5.56 Å². The summed E-state index contributed by atoms with van der Waals surface area (Å²) in [5, 5.41) is 3.17. The molecule has 0 fully saturated rings. The van der Waals surface area contributed by atoms with Gasteiger partial charge in [-0.15, -0.1) is 11.3 Å². The van der Waals surface area contributed by atoms with Crippen LogP contribution in [0.1, 0.15) is 22.0 Å². The molecule has 0 saturated heterocycles. The minimum atomic E-state index is -0.165. The maximum atomic E-state index is 13.5. The summed E-state index contributed by atoms with van der Waals surface area (Å²) in [6.07, 6.45) is 1.81. The summed E-state index contributed by atoms with van der Waals surface area (Å²) >= 11 is 1.56. The molecular formula is C12H13FN2S. The van der Waals surface area contributed by atoms with Gasteiger partial charge in [-0.3, -0.25) is 4.98 Å². The van der Waals surface area contributed by atoms with Gasteiger partial charge >= 0.3 is 0 Å². The predicted molar refractivity (Wildman–Crippen MR) is 64.2 cm³/mol. The highest BCUT2D eigenvalue weighted by molar-refractivity contribution is 7.09. The SMILES string of the molecule is CNC(c1ccc(C)c(F)c1)c1cncs1. The monoisotopic (exact) mass is 236 g/mol. The van der Waals surface area contributed by atoms with Gasteiger partial charge in [0.25, 0.3) is 0 Å². The minimum Gasteiger partial charge on any atom is -0.309 e. The van der Waals surface area contributed by atoms with Gasteiger partial charge < -0.3 is 5.32 Å². The van der Waals surface area contributed by atoms with Gasteiger partial charge in [0.1, 0.15) is 5.82 Å². The van der Waals surface area contributed by atoms with Crippen LogP contribution >= 0.6 is 11.3 Å². The Balaban J connectivity index is 2.37. The Labute approximate surface area is 98.2 Å². The molecule has 1 atom stereocenters. The van der Waals surface area contributed by atoms with Gasteiger partial charge in [0, 0.05) is 11.1 Å². The minimum absolute atomic E-state index is 0.0163. The van der Waals surface area contributed by atoms with E-state index in [1.54, 1.807) is 35.9 Å². The van der Waals surface area contributed by atoms with Gasteiger partial charge in [-0.2, -0.15) is 0 Å². The molecule has 1 aromatic carbocycles. The Kier molecular flexibility index (Phi) is 3.31. The molecule has 0 radical (unpaired) electrons. The molecule has 0 aliphatic heterocycles. The topological polar surface area (TPSA) is 24.9 Å². The number of nitrogens with one attached hydrogen (secondary N) is 1. The first-order valence-electron chi connectivity index (χ1n) is 5.04. The first kappa shape index (κ1) is 11.2. The van der Waals surface area contributed by atoms with Crippen LogP contribution in [0.3, 0.4) is 0 Å². The fraction of sp³-hybridized carbons (Fsp3) is 0.250. The van der Waals surface area contributed by atoms with Crippen LogP contribution in [-0.4, -0.2) is 12.0 Å². The van der Waals surface area contributed by atoms with Crippen molar-refractivity contribution < 1.29 is 4.39 Å². The van der Waals surface area contributed by atoms with Crippen LogP contribution in [-0.2, 0) is 0 Å². The second kappa shape index (κ2) is 4.72. The quantitative estimate of drug-likeness (QED) is 0.886. The zero-order chi connectivity index (χ0) is 11.5. The van der Waals surface area contributed by atoms with E-state index >= 15 is 0 Å². The maximum absolute atomic E-state index is 13.5. The predicted octanol–water partition coefficient (Wildman–Crippen LogP) is 2.90. The third-order valence-corrected chi connectivity index (χ3v) is 3.39. The molecule has 84 valence electrons. The largest absolute Gasteiger partial charge is 0.309 e. The Morgan fingerprint density at radius 1 is 1.44 bits per heavy atom. The van der Waals surface area contributed by atoms with Crippen molar-refractivity contribution in [3.05, 3.63) is 51.7 Å². The van der Waals surface area contributed by atoms with Crippen LogP contribution in [0.5, 0.6) is 0 Å². The van der Waals surface area contributed by atoms with E-state index in [9.17, 15) is 4.39 Å². The van der Waals surface area contributed by atoms with Crippen molar-refractivity contribution in [1.82, 2.24) is 10.3 Å². The average Bonchev–Trinajstić information content (AvgIpc) is 2.78. The van der Waals surface area contributed by atoms with E-state index in [-0.39, 0.29) is 11.9 Å². The lowest BCUT2D eigenvalue weighted by molar-refractivity contribution is 0.609. The normalized spacial score (nSPS) is 12.7. The molecule has 4 heteroatoms. The molecule has 1 unspecified atom stereocenters. The fourth-order valence-electron chi connectivity index (χ4n) is 1.63. The summed E-state index contributed by atoms with van der Waals surface area (Å²) in [6, 6.07) is 5.34. The van der Waals surface area contributed by atoms with E-state index < -0.39 is 0 Å². The van der Waals surface area contributed by atoms with Crippen molar-refractivity contribution in [2.75, 3.05) is 7.05 Å². The smallest absolute Gasteiger partial charge is 0.126 e. The van der Waals surface area contributed by atoms with E-state index in [1.807, 2.05) is 19.3 Å². The second-order valence-corrected chi connectivity index (χ2v) is 4.55. The highest BCUT2D eigenvalue weighted by Gasteiger charge is 2.14. The van der Waals surface area contributed by atoms with Crippen LogP contribution in [0, 0.1) is 12.7 Å². The van der Waals surface area contributed by atoms with Crippen LogP contribution in [0.2, 0.25) is 0 Å². The van der Waals surface area contributed by atoms with Gasteiger partial charge in [-0.25, -0.2) is 4.39 Å². The molecule has 1 aromatic heterocycles. The Bertz CT molecular complexity index is 468. The summed E-state index contributed by atoms with van der Waals surface area (Å²) in [7, 11) is 1.86. The van der Waals surface area contributed by atoms with Gasteiger partial charge in [0.2, 0.25) is 0 Å². The number of hydrogen-bond donors (Lipinski definition) is 1. The van der Waals surface area contributed by atoms with E-state index in [0.717, 1.165) is 10.4 Å². The molecule has 16 heavy (non-hydrogen) atoms. The first-order valence-corrected chi connectivity index (χ1v) is 5.92. The van der Waals surface area contributed by atoms with Crippen LogP contribution in [0.15, 0.2) is 29.9 Å². The lowest BCUT2D eigenvalue weighted by Crippen LogP contribution is -2.16. The van der Waals surface area contributed by atoms with Gasteiger partial charge in [0.05, 0.1) is 11.6 Å². The van der Waals surface area contributed by atoms with Crippen molar-refractivity contribution in [2.45, 2.75) is 13.0 Å². The highest BCUT2D eigenvalue weighted by atomic mass is 32.1. The summed E-state index contributed by atoms with van der Waals surface area (Å²) in [4.78, 5) is 5.13. The Hall–Kier alpha value is -1.26. The molecule has 1 N–H and O–H groups in total. The molecule has 0 aliphatic carbocycles. The Morgan fingerprint density at radius 3 is 2.81 bits per heavy atom. The van der Waals surface area contributed by atoms with Crippen molar-refractivity contribution in [3.63, 3.8) is 0 Å². The standard InChI is InChI=1S/C12H13FN2S/c1-8-3-4-9(5-10(8)13)12(14-2)11-6-15-7-16-11/h3-7,12,14H,1-2H3. The average molecular weight is 236 g/mol. The molecule has 2 nitrogen and oxygen atoms in total. The summed E-state index contributed by atoms with van der Waals surface area (Å²) < 4.78 is 13.5. The van der Waals surface area contributed by atoms with Gasteiger partial charge in [-0.05, 0) is 31.2 Å². The molecule has 2 aromatic rings. The van der Waals surface area contributed by atoms with E-state index in [2.05, 4.69) is 10.3 Å². The van der Waals surface area contributed by atoms with E-state index in [4.69, 9.17) is 0 Å². The zero-order valence-corrected chi connectivity index (χ0v) is 10.0. The van der Waals surface area contributed by atoms with Crippen molar-refractivity contribution in [3.8, 4) is 0 Å². The first-order chi connectivity index (χ1) is 7.72. The lowest BCUT2D eigenvalue weighted by atomic mass is 10.0. The van der Waals surface area contributed by atoms with Crippen molar-refractivity contribution in [1.29, 1.82) is 0 Å². The molecular weight excluding hydrogens is 223 g/mol. The molecule has 0 saturated carbocycles. The van der Waals surface area contributed by atoms with Crippen LogP contribution in [0.25, 0.3) is 0 Å². The molecule has 0 bridgehead atoms. The van der Waals surface area contributed by atoms with Crippen LogP contribution < -0.4 is 5.32 Å². The van der Waals surface area contributed by atoms with Crippen molar-refractivity contribution >= 4 is 11.3 Å². The number of nitrogens with zero attached hydrogens (tertiary/aromatic N) is 1. The number of halogens is 1. The van der Waals surface area contributed by atoms with Gasteiger partial charge in [0.15, 0.2) is 0 Å². The third kappa shape index (κ3) is 2.13. The number of benzene rings is 1. The highest BCUT2D eigenvalue weighted by Crippen LogP contribution is 2.25. The lowest BCUT2D eigenvalue weighted by Gasteiger charge is -2.15. The van der Waals surface area contributed by atoms with E-state index in [1.165, 1.54) is 0 Å². The third-order valence-electron chi connectivity index (χ3n) is 2.55. The summed E-state index contributed by atoms with van der Waals surface area (Å²) in [6.45, 7) is 1.76. The second-order valence-electron chi connectivity index (χ2n) is 3.63.